The van der Waals surface area contributed by atoms with Gasteiger partial charge in [-0.1, -0.05) is 42.5 Å². The Hall–Kier alpha value is -3.46. The SMILES string of the molecule is C=C1CCN(C(=O)Cn2c(=O)c3c(ncn3CCOC)n(Cc3ccccc3)c2=O)CC1. The third-order valence-corrected chi connectivity index (χ3v) is 5.82. The van der Waals surface area contributed by atoms with Crippen molar-refractivity contribution in [2.75, 3.05) is 26.8 Å². The summed E-state index contributed by atoms with van der Waals surface area (Å²) >= 11 is 0. The van der Waals surface area contributed by atoms with E-state index in [1.54, 1.807) is 16.6 Å². The van der Waals surface area contributed by atoms with E-state index in [1.807, 2.05) is 30.3 Å². The zero-order valence-corrected chi connectivity index (χ0v) is 18.2. The molecule has 3 heterocycles. The Morgan fingerprint density at radius 2 is 1.84 bits per heavy atom. The van der Waals surface area contributed by atoms with Gasteiger partial charge < -0.3 is 14.2 Å². The summed E-state index contributed by atoms with van der Waals surface area (Å²) in [6.45, 7) is 5.82. The fourth-order valence-electron chi connectivity index (χ4n) is 3.95. The number of piperidine rings is 1. The average molecular weight is 438 g/mol. The molecule has 3 aromatic rings. The van der Waals surface area contributed by atoms with Gasteiger partial charge in [-0.05, 0) is 18.4 Å². The topological polar surface area (TPSA) is 91.4 Å². The van der Waals surface area contributed by atoms with E-state index < -0.39 is 11.2 Å². The number of benzene rings is 1. The van der Waals surface area contributed by atoms with Crippen LogP contribution in [0, 0.1) is 0 Å². The van der Waals surface area contributed by atoms with Crippen LogP contribution in [-0.2, 0) is 29.2 Å². The Morgan fingerprint density at radius 1 is 1.12 bits per heavy atom. The molecule has 0 N–H and O–H groups in total. The van der Waals surface area contributed by atoms with Gasteiger partial charge in [-0.15, -0.1) is 0 Å². The maximum atomic E-state index is 13.4. The Kier molecular flexibility index (Phi) is 6.36. The van der Waals surface area contributed by atoms with Crippen LogP contribution in [-0.4, -0.2) is 56.3 Å². The molecule has 0 aliphatic carbocycles. The molecule has 0 atom stereocenters. The third-order valence-electron chi connectivity index (χ3n) is 5.82. The van der Waals surface area contributed by atoms with E-state index >= 15 is 0 Å². The number of ether oxygens (including phenoxy) is 1. The normalized spacial score (nSPS) is 14.3. The second-order valence-electron chi connectivity index (χ2n) is 7.98. The molecule has 0 bridgehead atoms. The molecule has 1 aliphatic rings. The summed E-state index contributed by atoms with van der Waals surface area (Å²) in [4.78, 5) is 45.7. The number of methoxy groups -OCH3 is 1. The van der Waals surface area contributed by atoms with E-state index in [-0.39, 0.29) is 24.5 Å². The van der Waals surface area contributed by atoms with Crippen molar-refractivity contribution in [2.24, 2.45) is 0 Å². The second kappa shape index (κ2) is 9.35. The van der Waals surface area contributed by atoms with E-state index in [9.17, 15) is 14.4 Å². The first kappa shape index (κ1) is 21.8. The Morgan fingerprint density at radius 3 is 2.53 bits per heavy atom. The summed E-state index contributed by atoms with van der Waals surface area (Å²) in [5, 5.41) is 0. The zero-order chi connectivity index (χ0) is 22.7. The highest BCUT2D eigenvalue weighted by Gasteiger charge is 2.23. The van der Waals surface area contributed by atoms with Crippen LogP contribution in [0.5, 0.6) is 0 Å². The van der Waals surface area contributed by atoms with Gasteiger partial charge in [0.15, 0.2) is 11.2 Å². The van der Waals surface area contributed by atoms with E-state index in [4.69, 9.17) is 4.74 Å². The van der Waals surface area contributed by atoms with Crippen LogP contribution in [0.15, 0.2) is 58.4 Å². The van der Waals surface area contributed by atoms with Crippen LogP contribution in [0.25, 0.3) is 11.2 Å². The van der Waals surface area contributed by atoms with Crippen LogP contribution in [0.1, 0.15) is 18.4 Å². The van der Waals surface area contributed by atoms with Gasteiger partial charge in [0.25, 0.3) is 5.56 Å². The highest BCUT2D eigenvalue weighted by Crippen LogP contribution is 2.14. The molecule has 2 aromatic heterocycles. The minimum Gasteiger partial charge on any atom is -0.383 e. The predicted molar refractivity (Wildman–Crippen MR) is 121 cm³/mol. The van der Waals surface area contributed by atoms with Crippen molar-refractivity contribution in [1.82, 2.24) is 23.6 Å². The smallest absolute Gasteiger partial charge is 0.333 e. The fraction of sp³-hybridized carbons (Fsp3) is 0.391. The van der Waals surface area contributed by atoms with Gasteiger partial charge in [-0.2, -0.15) is 0 Å². The first-order valence-corrected chi connectivity index (χ1v) is 10.7. The molecule has 9 nitrogen and oxygen atoms in total. The average Bonchev–Trinajstić information content (AvgIpc) is 3.23. The molecular weight excluding hydrogens is 410 g/mol. The molecule has 1 aromatic carbocycles. The Bertz CT molecular complexity index is 1250. The quantitative estimate of drug-likeness (QED) is 0.519. The molecule has 0 spiro atoms. The summed E-state index contributed by atoms with van der Waals surface area (Å²) in [5.74, 6) is -0.245. The van der Waals surface area contributed by atoms with Gasteiger partial charge in [-0.25, -0.2) is 14.3 Å². The molecule has 0 saturated carbocycles. The fourth-order valence-corrected chi connectivity index (χ4v) is 3.95. The minimum absolute atomic E-state index is 0.245. The number of hydrogen-bond donors (Lipinski definition) is 0. The minimum atomic E-state index is -0.543. The second-order valence-corrected chi connectivity index (χ2v) is 7.98. The molecular formula is C23H27N5O4. The first-order valence-electron chi connectivity index (χ1n) is 10.7. The number of amides is 1. The molecule has 9 heteroatoms. The lowest BCUT2D eigenvalue weighted by Gasteiger charge is -2.28. The van der Waals surface area contributed by atoms with Crippen LogP contribution in [0.4, 0.5) is 0 Å². The number of carbonyl (C=O) groups is 1. The third kappa shape index (κ3) is 4.29. The van der Waals surface area contributed by atoms with Gasteiger partial charge in [0, 0.05) is 26.7 Å². The van der Waals surface area contributed by atoms with E-state index in [1.165, 1.54) is 10.9 Å². The summed E-state index contributed by atoms with van der Waals surface area (Å²) in [6.07, 6.45) is 3.01. The van der Waals surface area contributed by atoms with Crippen LogP contribution in [0.2, 0.25) is 0 Å². The van der Waals surface area contributed by atoms with E-state index in [0.29, 0.717) is 31.9 Å². The summed E-state index contributed by atoms with van der Waals surface area (Å²) < 4.78 is 9.31. The number of rotatable bonds is 7. The van der Waals surface area contributed by atoms with Crippen molar-refractivity contribution in [1.29, 1.82) is 0 Å². The number of carbonyl (C=O) groups excluding carboxylic acids is 1. The van der Waals surface area contributed by atoms with Gasteiger partial charge in [0.05, 0.1) is 19.5 Å². The molecule has 32 heavy (non-hydrogen) atoms. The number of likely N-dealkylation sites (tertiary alicyclic amines) is 1. The van der Waals surface area contributed by atoms with Crippen molar-refractivity contribution < 1.29 is 9.53 Å². The lowest BCUT2D eigenvalue weighted by molar-refractivity contribution is -0.132. The molecule has 4 rings (SSSR count). The molecule has 1 aliphatic heterocycles. The molecule has 1 amide bonds. The van der Waals surface area contributed by atoms with Crippen LogP contribution in [0.3, 0.4) is 0 Å². The van der Waals surface area contributed by atoms with Crippen molar-refractivity contribution >= 4 is 17.1 Å². The van der Waals surface area contributed by atoms with Crippen molar-refractivity contribution in [3.8, 4) is 0 Å². The molecule has 1 saturated heterocycles. The number of nitrogens with zero attached hydrogens (tertiary/aromatic N) is 5. The number of aromatic nitrogens is 4. The molecule has 0 radical (unpaired) electrons. The van der Waals surface area contributed by atoms with Gasteiger partial charge in [0.1, 0.15) is 6.54 Å². The lowest BCUT2D eigenvalue weighted by atomic mass is 10.1. The standard InChI is InChI=1S/C23H27N5O4/c1-17-8-10-25(11-9-17)19(29)15-28-22(30)20-21(24-16-26(20)12-13-32-2)27(23(28)31)14-18-6-4-3-5-7-18/h3-7,16H,1,8-15H2,2H3. The summed E-state index contributed by atoms with van der Waals surface area (Å²) in [7, 11) is 1.58. The van der Waals surface area contributed by atoms with Crippen molar-refractivity contribution in [2.45, 2.75) is 32.5 Å². The van der Waals surface area contributed by atoms with Crippen LogP contribution >= 0.6 is 0 Å². The number of fused-ring (bicyclic) bond motifs is 1. The highest BCUT2D eigenvalue weighted by molar-refractivity contribution is 5.77. The summed E-state index contributed by atoms with van der Waals surface area (Å²) in [6, 6.07) is 9.48. The van der Waals surface area contributed by atoms with Crippen molar-refractivity contribution in [3.05, 3.63) is 75.2 Å². The number of imidazole rings is 1. The predicted octanol–water partition coefficient (Wildman–Crippen LogP) is 1.23. The van der Waals surface area contributed by atoms with E-state index in [0.717, 1.165) is 28.5 Å². The highest BCUT2D eigenvalue weighted by atomic mass is 16.5. The largest absolute Gasteiger partial charge is 0.383 e. The Labute approximate surface area is 185 Å². The summed E-state index contributed by atoms with van der Waals surface area (Å²) in [5.41, 5.74) is 1.54. The number of hydrogen-bond acceptors (Lipinski definition) is 5. The molecule has 168 valence electrons. The first-order chi connectivity index (χ1) is 15.5. The molecule has 1 fully saturated rings. The van der Waals surface area contributed by atoms with Gasteiger partial charge in [-0.3, -0.25) is 14.2 Å². The lowest BCUT2D eigenvalue weighted by Crippen LogP contribution is -2.46. The monoisotopic (exact) mass is 437 g/mol. The van der Waals surface area contributed by atoms with Gasteiger partial charge >= 0.3 is 5.69 Å². The maximum Gasteiger partial charge on any atom is 0.333 e. The Balaban J connectivity index is 1.78. The van der Waals surface area contributed by atoms with Gasteiger partial charge in [0.2, 0.25) is 5.91 Å². The molecule has 0 unspecified atom stereocenters. The maximum absolute atomic E-state index is 13.4. The zero-order valence-electron chi connectivity index (χ0n) is 18.2. The van der Waals surface area contributed by atoms with E-state index in [2.05, 4.69) is 11.6 Å². The van der Waals surface area contributed by atoms with Crippen molar-refractivity contribution in [3.63, 3.8) is 0 Å². The van der Waals surface area contributed by atoms with Crippen LogP contribution < -0.4 is 11.2 Å².